The molecule has 1 N–H and O–H groups in total. The van der Waals surface area contributed by atoms with Crippen molar-refractivity contribution in [2.45, 2.75) is 51.5 Å². The highest BCUT2D eigenvalue weighted by molar-refractivity contribution is 7.89. The SMILES string of the molecule is CCCS(=O)(=O)N1CCC(NCC2CCC2)CC1. The van der Waals surface area contributed by atoms with E-state index < -0.39 is 10.0 Å². The molecule has 0 unspecified atom stereocenters. The summed E-state index contributed by atoms with van der Waals surface area (Å²) in [4.78, 5) is 0. The van der Waals surface area contributed by atoms with E-state index in [1.54, 1.807) is 4.31 Å². The van der Waals surface area contributed by atoms with Crippen LogP contribution in [0.4, 0.5) is 0 Å². The molecule has 4 nitrogen and oxygen atoms in total. The summed E-state index contributed by atoms with van der Waals surface area (Å²) in [6.45, 7) is 4.45. The number of nitrogens with one attached hydrogen (secondary N) is 1. The van der Waals surface area contributed by atoms with E-state index in [1.807, 2.05) is 6.92 Å². The molecule has 2 fully saturated rings. The van der Waals surface area contributed by atoms with Crippen LogP contribution in [0.15, 0.2) is 0 Å². The van der Waals surface area contributed by atoms with Gasteiger partial charge in [0.25, 0.3) is 0 Å². The minimum absolute atomic E-state index is 0.299. The monoisotopic (exact) mass is 274 g/mol. The van der Waals surface area contributed by atoms with Crippen molar-refractivity contribution >= 4 is 10.0 Å². The first-order valence-corrected chi connectivity index (χ1v) is 8.94. The summed E-state index contributed by atoms with van der Waals surface area (Å²) in [5.41, 5.74) is 0. The van der Waals surface area contributed by atoms with Crippen LogP contribution < -0.4 is 5.32 Å². The lowest BCUT2D eigenvalue weighted by atomic mass is 9.85. The molecule has 5 heteroatoms. The Hall–Kier alpha value is -0.130. The van der Waals surface area contributed by atoms with Gasteiger partial charge in [0, 0.05) is 19.1 Å². The number of nitrogens with zero attached hydrogens (tertiary/aromatic N) is 1. The van der Waals surface area contributed by atoms with Crippen LogP contribution in [-0.2, 0) is 10.0 Å². The molecule has 0 aromatic heterocycles. The number of piperidine rings is 1. The fraction of sp³-hybridized carbons (Fsp3) is 1.00. The molecule has 1 aliphatic carbocycles. The highest BCUT2D eigenvalue weighted by atomic mass is 32.2. The lowest BCUT2D eigenvalue weighted by Crippen LogP contribution is -2.46. The summed E-state index contributed by atoms with van der Waals surface area (Å²) in [6.07, 6.45) is 6.78. The van der Waals surface area contributed by atoms with Gasteiger partial charge in [-0.1, -0.05) is 13.3 Å². The second kappa shape index (κ2) is 6.35. The van der Waals surface area contributed by atoms with E-state index in [0.717, 1.165) is 25.3 Å². The molecule has 1 saturated carbocycles. The molecule has 0 atom stereocenters. The molecule has 0 amide bonds. The van der Waals surface area contributed by atoms with Crippen molar-refractivity contribution in [3.05, 3.63) is 0 Å². The van der Waals surface area contributed by atoms with Gasteiger partial charge in [0.2, 0.25) is 10.0 Å². The van der Waals surface area contributed by atoms with Crippen molar-refractivity contribution in [3.8, 4) is 0 Å². The molecule has 1 heterocycles. The zero-order valence-corrected chi connectivity index (χ0v) is 12.2. The fourth-order valence-corrected chi connectivity index (χ4v) is 4.30. The molecule has 106 valence electrons. The van der Waals surface area contributed by atoms with Crippen molar-refractivity contribution in [3.63, 3.8) is 0 Å². The van der Waals surface area contributed by atoms with Crippen LogP contribution in [0.25, 0.3) is 0 Å². The smallest absolute Gasteiger partial charge is 0.214 e. The Morgan fingerprint density at radius 2 is 1.83 bits per heavy atom. The van der Waals surface area contributed by atoms with Gasteiger partial charge < -0.3 is 5.32 Å². The molecule has 2 aliphatic rings. The zero-order valence-electron chi connectivity index (χ0n) is 11.4. The van der Waals surface area contributed by atoms with Gasteiger partial charge in [0.05, 0.1) is 5.75 Å². The first kappa shape index (κ1) is 14.3. The van der Waals surface area contributed by atoms with Crippen LogP contribution in [0.1, 0.15) is 45.4 Å². The van der Waals surface area contributed by atoms with Crippen molar-refractivity contribution in [2.75, 3.05) is 25.4 Å². The summed E-state index contributed by atoms with van der Waals surface area (Å²) < 4.78 is 25.5. The van der Waals surface area contributed by atoms with Gasteiger partial charge in [-0.3, -0.25) is 0 Å². The summed E-state index contributed by atoms with van der Waals surface area (Å²) in [6, 6.07) is 0.527. The Kier molecular flexibility index (Phi) is 5.04. The molecule has 2 rings (SSSR count). The molecule has 0 bridgehead atoms. The van der Waals surface area contributed by atoms with Crippen LogP contribution >= 0.6 is 0 Å². The summed E-state index contributed by atoms with van der Waals surface area (Å²) in [7, 11) is -2.98. The van der Waals surface area contributed by atoms with Crippen molar-refractivity contribution in [1.82, 2.24) is 9.62 Å². The van der Waals surface area contributed by atoms with E-state index in [9.17, 15) is 8.42 Å². The van der Waals surface area contributed by atoms with Crippen LogP contribution in [0, 0.1) is 5.92 Å². The molecule has 0 spiro atoms. The number of hydrogen-bond acceptors (Lipinski definition) is 3. The van der Waals surface area contributed by atoms with Gasteiger partial charge in [-0.15, -0.1) is 0 Å². The maximum absolute atomic E-state index is 11.9. The van der Waals surface area contributed by atoms with Gasteiger partial charge in [0.15, 0.2) is 0 Å². The van der Waals surface area contributed by atoms with Crippen molar-refractivity contribution < 1.29 is 8.42 Å². The van der Waals surface area contributed by atoms with E-state index in [4.69, 9.17) is 0 Å². The normalized spacial score (nSPS) is 24.1. The van der Waals surface area contributed by atoms with E-state index in [-0.39, 0.29) is 0 Å². The summed E-state index contributed by atoms with van der Waals surface area (Å²) >= 11 is 0. The van der Waals surface area contributed by atoms with Crippen molar-refractivity contribution in [2.24, 2.45) is 5.92 Å². The Morgan fingerprint density at radius 3 is 2.33 bits per heavy atom. The van der Waals surface area contributed by atoms with Crippen LogP contribution in [-0.4, -0.2) is 44.2 Å². The minimum atomic E-state index is -2.98. The molecule has 1 aliphatic heterocycles. The predicted molar refractivity (Wildman–Crippen MR) is 74.0 cm³/mol. The maximum atomic E-state index is 11.9. The average Bonchev–Trinajstić information content (AvgIpc) is 2.27. The first-order chi connectivity index (χ1) is 8.62. The lowest BCUT2D eigenvalue weighted by Gasteiger charge is -2.34. The maximum Gasteiger partial charge on any atom is 0.214 e. The van der Waals surface area contributed by atoms with Gasteiger partial charge in [-0.05, 0) is 44.6 Å². The second-order valence-corrected chi connectivity index (χ2v) is 7.78. The molecular weight excluding hydrogens is 248 g/mol. The molecule has 0 radical (unpaired) electrons. The molecule has 0 aromatic carbocycles. The Bertz CT molecular complexity index is 344. The van der Waals surface area contributed by atoms with Crippen molar-refractivity contribution in [1.29, 1.82) is 0 Å². The molecule has 0 aromatic rings. The third kappa shape index (κ3) is 3.68. The van der Waals surface area contributed by atoms with E-state index >= 15 is 0 Å². The van der Waals surface area contributed by atoms with E-state index in [1.165, 1.54) is 19.3 Å². The number of hydrogen-bond donors (Lipinski definition) is 1. The minimum Gasteiger partial charge on any atom is -0.314 e. The van der Waals surface area contributed by atoms with Gasteiger partial charge in [-0.25, -0.2) is 12.7 Å². The first-order valence-electron chi connectivity index (χ1n) is 7.33. The standard InChI is InChI=1S/C13H26N2O2S/c1-2-10-18(16,17)15-8-6-13(7-9-15)14-11-12-4-3-5-12/h12-14H,2-11H2,1H3. The van der Waals surface area contributed by atoms with Gasteiger partial charge in [0.1, 0.15) is 0 Å². The summed E-state index contributed by atoms with van der Waals surface area (Å²) in [5, 5.41) is 3.61. The average molecular weight is 274 g/mol. The Labute approximate surface area is 111 Å². The van der Waals surface area contributed by atoms with Gasteiger partial charge in [-0.2, -0.15) is 0 Å². The Morgan fingerprint density at radius 1 is 1.17 bits per heavy atom. The third-order valence-corrected chi connectivity index (χ3v) is 6.31. The number of rotatable bonds is 6. The van der Waals surface area contributed by atoms with Crippen LogP contribution in [0.5, 0.6) is 0 Å². The molecular formula is C13H26N2O2S. The van der Waals surface area contributed by atoms with E-state index in [0.29, 0.717) is 31.3 Å². The zero-order chi connectivity index (χ0) is 13.0. The number of sulfonamides is 1. The second-order valence-electron chi connectivity index (χ2n) is 5.69. The Balaban J connectivity index is 1.70. The summed E-state index contributed by atoms with van der Waals surface area (Å²) in [5.74, 6) is 1.18. The molecule has 18 heavy (non-hydrogen) atoms. The largest absolute Gasteiger partial charge is 0.314 e. The highest BCUT2D eigenvalue weighted by Gasteiger charge is 2.27. The predicted octanol–water partition coefficient (Wildman–Crippen LogP) is 1.58. The van der Waals surface area contributed by atoms with Crippen LogP contribution in [0.3, 0.4) is 0 Å². The quantitative estimate of drug-likeness (QED) is 0.800. The topological polar surface area (TPSA) is 49.4 Å². The van der Waals surface area contributed by atoms with Gasteiger partial charge >= 0.3 is 0 Å². The third-order valence-electron chi connectivity index (χ3n) is 4.23. The lowest BCUT2D eigenvalue weighted by molar-refractivity contribution is 0.248. The fourth-order valence-electron chi connectivity index (χ4n) is 2.76. The van der Waals surface area contributed by atoms with Crippen LogP contribution in [0.2, 0.25) is 0 Å². The van der Waals surface area contributed by atoms with E-state index in [2.05, 4.69) is 5.32 Å². The molecule has 1 saturated heterocycles. The highest BCUT2D eigenvalue weighted by Crippen LogP contribution is 2.25.